The average Bonchev–Trinajstić information content (AvgIpc) is 2.10. The van der Waals surface area contributed by atoms with Crippen LogP contribution in [0.4, 0.5) is 0 Å². The van der Waals surface area contributed by atoms with Gasteiger partial charge < -0.3 is 15.2 Å². The summed E-state index contributed by atoms with van der Waals surface area (Å²) in [5.41, 5.74) is 0. The summed E-state index contributed by atoms with van der Waals surface area (Å²) < 4.78 is 5.22. The van der Waals surface area contributed by atoms with Gasteiger partial charge in [0, 0.05) is 6.92 Å². The molecular weight excluding hydrogens is 186 g/mol. The minimum Gasteiger partial charge on any atom is -0.480 e. The van der Waals surface area contributed by atoms with E-state index in [1.54, 1.807) is 0 Å². The van der Waals surface area contributed by atoms with Crippen LogP contribution in [-0.2, 0) is 14.3 Å². The van der Waals surface area contributed by atoms with Crippen LogP contribution in [0.15, 0.2) is 0 Å². The topological polar surface area (TPSA) is 75.6 Å². The van der Waals surface area contributed by atoms with E-state index in [1.807, 2.05) is 13.8 Å². The highest BCUT2D eigenvalue weighted by Crippen LogP contribution is 1.97. The molecule has 0 spiro atoms. The predicted octanol–water partition coefficient (Wildman–Crippen LogP) is 0.391. The summed E-state index contributed by atoms with van der Waals surface area (Å²) in [6.45, 7) is 5.08. The molecule has 5 nitrogen and oxygen atoms in total. The maximum atomic E-state index is 10.6. The van der Waals surface area contributed by atoms with Gasteiger partial charge in [-0.05, 0) is 13.3 Å². The number of aliphatic carboxylic acids is 1. The molecule has 14 heavy (non-hydrogen) atoms. The molecule has 2 N–H and O–H groups in total. The summed E-state index contributed by atoms with van der Waals surface area (Å²) in [7, 11) is 0. The van der Waals surface area contributed by atoms with E-state index in [0.29, 0.717) is 0 Å². The van der Waals surface area contributed by atoms with Crippen molar-refractivity contribution >= 4 is 11.9 Å². The highest BCUT2D eigenvalue weighted by molar-refractivity contribution is 5.82. The Kier molecular flexibility index (Phi) is 5.87. The maximum Gasteiger partial charge on any atom is 0.328 e. The third-order valence-corrected chi connectivity index (χ3v) is 1.80. The van der Waals surface area contributed by atoms with Gasteiger partial charge in [0.25, 0.3) is 0 Å². The molecule has 0 aliphatic heterocycles. The molecule has 0 saturated heterocycles. The van der Waals surface area contributed by atoms with Crippen molar-refractivity contribution in [3.8, 4) is 0 Å². The zero-order valence-electron chi connectivity index (χ0n) is 8.74. The molecule has 0 saturated carbocycles. The number of carbonyl (C=O) groups excluding carboxylic acids is 1. The fraction of sp³-hybridized carbons (Fsp3) is 0.778. The van der Waals surface area contributed by atoms with Gasteiger partial charge in [0.15, 0.2) is 6.04 Å². The largest absolute Gasteiger partial charge is 0.480 e. The van der Waals surface area contributed by atoms with Crippen molar-refractivity contribution < 1.29 is 19.4 Å². The molecule has 0 heterocycles. The van der Waals surface area contributed by atoms with E-state index in [1.165, 1.54) is 6.92 Å². The highest BCUT2D eigenvalue weighted by Gasteiger charge is 2.19. The Morgan fingerprint density at radius 2 is 2.07 bits per heavy atom. The molecule has 82 valence electrons. The Balaban J connectivity index is 3.97. The monoisotopic (exact) mass is 203 g/mol. The third-order valence-electron chi connectivity index (χ3n) is 1.80. The lowest BCUT2D eigenvalue weighted by atomic mass is 10.3. The highest BCUT2D eigenvalue weighted by atomic mass is 16.5. The predicted molar refractivity (Wildman–Crippen MR) is 50.9 cm³/mol. The first-order chi connectivity index (χ1) is 6.47. The Bertz CT molecular complexity index is 205. The average molecular weight is 203 g/mol. The molecular formula is C9H17NO4. The summed E-state index contributed by atoms with van der Waals surface area (Å²) in [6, 6.07) is -0.957. The molecule has 1 amide bonds. The van der Waals surface area contributed by atoms with Crippen molar-refractivity contribution in [3.63, 3.8) is 0 Å². The molecule has 5 heteroatoms. The molecule has 0 aromatic heterocycles. The second-order valence-electron chi connectivity index (χ2n) is 3.14. The van der Waals surface area contributed by atoms with E-state index in [2.05, 4.69) is 5.32 Å². The van der Waals surface area contributed by atoms with Gasteiger partial charge in [-0.2, -0.15) is 0 Å². The first kappa shape index (κ1) is 12.9. The first-order valence-corrected chi connectivity index (χ1v) is 4.58. The maximum absolute atomic E-state index is 10.6. The van der Waals surface area contributed by atoms with E-state index < -0.39 is 12.0 Å². The Morgan fingerprint density at radius 1 is 1.50 bits per heavy atom. The Morgan fingerprint density at radius 3 is 2.43 bits per heavy atom. The summed E-state index contributed by atoms with van der Waals surface area (Å²) in [5, 5.41) is 11.0. The normalized spacial score (nSPS) is 14.5. The van der Waals surface area contributed by atoms with E-state index in [4.69, 9.17) is 9.84 Å². The van der Waals surface area contributed by atoms with Gasteiger partial charge in [0.1, 0.15) is 0 Å². The number of carbonyl (C=O) groups is 2. The standard InChI is InChI=1S/C9H17NO4/c1-4-6(2)14-5-8(9(12)13)10-7(3)11/h6,8H,4-5H2,1-3H3,(H,10,11)(H,12,13). The second kappa shape index (κ2) is 6.37. The lowest BCUT2D eigenvalue weighted by molar-refractivity contribution is -0.144. The van der Waals surface area contributed by atoms with Crippen LogP contribution in [0.2, 0.25) is 0 Å². The van der Waals surface area contributed by atoms with Crippen molar-refractivity contribution in [2.75, 3.05) is 6.61 Å². The molecule has 0 aliphatic rings. The van der Waals surface area contributed by atoms with Gasteiger partial charge in [-0.1, -0.05) is 6.92 Å². The third kappa shape index (κ3) is 5.53. The van der Waals surface area contributed by atoms with E-state index in [0.717, 1.165) is 6.42 Å². The zero-order valence-corrected chi connectivity index (χ0v) is 8.74. The van der Waals surface area contributed by atoms with Gasteiger partial charge >= 0.3 is 5.97 Å². The van der Waals surface area contributed by atoms with E-state index in [9.17, 15) is 9.59 Å². The fourth-order valence-electron chi connectivity index (χ4n) is 0.798. The van der Waals surface area contributed by atoms with Crippen LogP contribution in [0.3, 0.4) is 0 Å². The molecule has 0 radical (unpaired) electrons. The van der Waals surface area contributed by atoms with Crippen LogP contribution in [0.1, 0.15) is 27.2 Å². The van der Waals surface area contributed by atoms with Crippen LogP contribution in [-0.4, -0.2) is 35.7 Å². The summed E-state index contributed by atoms with van der Waals surface area (Å²) in [5.74, 6) is -1.45. The van der Waals surface area contributed by atoms with Gasteiger partial charge in [-0.3, -0.25) is 4.79 Å². The van der Waals surface area contributed by atoms with Gasteiger partial charge in [-0.25, -0.2) is 4.79 Å². The van der Waals surface area contributed by atoms with Crippen LogP contribution >= 0.6 is 0 Å². The molecule has 0 rings (SSSR count). The number of amides is 1. The number of hydrogen-bond donors (Lipinski definition) is 2. The number of carboxylic acids is 1. The Labute approximate surface area is 83.4 Å². The lowest BCUT2D eigenvalue weighted by Crippen LogP contribution is -2.43. The molecule has 0 aromatic rings. The van der Waals surface area contributed by atoms with Crippen molar-refractivity contribution in [2.24, 2.45) is 0 Å². The molecule has 2 unspecified atom stereocenters. The van der Waals surface area contributed by atoms with Crippen molar-refractivity contribution in [1.29, 1.82) is 0 Å². The van der Waals surface area contributed by atoms with E-state index >= 15 is 0 Å². The van der Waals surface area contributed by atoms with Crippen LogP contribution in [0.5, 0.6) is 0 Å². The molecule has 0 aliphatic carbocycles. The van der Waals surface area contributed by atoms with E-state index in [-0.39, 0.29) is 18.6 Å². The smallest absolute Gasteiger partial charge is 0.328 e. The molecule has 0 aromatic carbocycles. The minimum absolute atomic E-state index is 0.00389. The summed E-state index contributed by atoms with van der Waals surface area (Å²) in [6.07, 6.45) is 0.817. The zero-order chi connectivity index (χ0) is 11.1. The fourth-order valence-corrected chi connectivity index (χ4v) is 0.798. The number of carboxylic acid groups (broad SMARTS) is 1. The molecule has 0 bridgehead atoms. The lowest BCUT2D eigenvalue weighted by Gasteiger charge is -2.16. The SMILES string of the molecule is CCC(C)OCC(NC(C)=O)C(=O)O. The van der Waals surface area contributed by atoms with Gasteiger partial charge in [-0.15, -0.1) is 0 Å². The minimum atomic E-state index is -1.08. The number of nitrogens with one attached hydrogen (secondary N) is 1. The van der Waals surface area contributed by atoms with Crippen LogP contribution in [0, 0.1) is 0 Å². The number of ether oxygens (including phenoxy) is 1. The Hall–Kier alpha value is -1.10. The van der Waals surface area contributed by atoms with Crippen LogP contribution < -0.4 is 5.32 Å². The quantitative estimate of drug-likeness (QED) is 0.654. The summed E-state index contributed by atoms with van der Waals surface area (Å²) >= 11 is 0. The van der Waals surface area contributed by atoms with Crippen LogP contribution in [0.25, 0.3) is 0 Å². The van der Waals surface area contributed by atoms with Gasteiger partial charge in [0.2, 0.25) is 5.91 Å². The first-order valence-electron chi connectivity index (χ1n) is 4.58. The number of rotatable bonds is 6. The summed E-state index contributed by atoms with van der Waals surface area (Å²) in [4.78, 5) is 21.3. The van der Waals surface area contributed by atoms with Crippen molar-refractivity contribution in [3.05, 3.63) is 0 Å². The molecule has 2 atom stereocenters. The second-order valence-corrected chi connectivity index (χ2v) is 3.14. The number of hydrogen-bond acceptors (Lipinski definition) is 3. The van der Waals surface area contributed by atoms with Crippen molar-refractivity contribution in [2.45, 2.75) is 39.3 Å². The van der Waals surface area contributed by atoms with Crippen molar-refractivity contribution in [1.82, 2.24) is 5.32 Å². The molecule has 0 fully saturated rings. The van der Waals surface area contributed by atoms with Gasteiger partial charge in [0.05, 0.1) is 12.7 Å².